The lowest BCUT2D eigenvalue weighted by Crippen LogP contribution is -2.53. The number of hydrogen-bond donors (Lipinski definition) is 3. The highest BCUT2D eigenvalue weighted by molar-refractivity contribution is 9.10. The quantitative estimate of drug-likeness (QED) is 0.266. The summed E-state index contributed by atoms with van der Waals surface area (Å²) < 4.78 is 89.9. The van der Waals surface area contributed by atoms with Gasteiger partial charge in [-0.2, -0.15) is 0 Å². The first-order valence-electron chi connectivity index (χ1n) is 14.8. The van der Waals surface area contributed by atoms with Gasteiger partial charge in [0.1, 0.15) is 23.7 Å². The Morgan fingerprint density at radius 3 is 2.57 bits per heavy atom. The van der Waals surface area contributed by atoms with Gasteiger partial charge < -0.3 is 25.0 Å². The van der Waals surface area contributed by atoms with Crippen molar-refractivity contribution < 1.29 is 45.0 Å². The van der Waals surface area contributed by atoms with Crippen molar-refractivity contribution in [2.45, 2.75) is 69.8 Å². The SMILES string of the molecule is CS(=O)(=O)N[C@H](CCC1CCNCC1)C(=O)N1C[C@H](OCc2ccc(Br)cc2F)C[C@@H]1C(=O)NCc1cccc(OC(F)(F)F)c1. The summed E-state index contributed by atoms with van der Waals surface area (Å²) in [7, 11) is -3.80. The van der Waals surface area contributed by atoms with E-state index in [0.717, 1.165) is 44.3 Å². The maximum Gasteiger partial charge on any atom is 0.573 e. The zero-order valence-electron chi connectivity index (χ0n) is 25.1. The Morgan fingerprint density at radius 1 is 1.15 bits per heavy atom. The summed E-state index contributed by atoms with van der Waals surface area (Å²) in [5.41, 5.74) is 0.594. The fourth-order valence-electron chi connectivity index (χ4n) is 5.68. The normalized spacial score (nSPS) is 20.0. The molecule has 0 unspecified atom stereocenters. The number of carbonyl (C=O) groups excluding carboxylic acids is 2. The number of nitrogens with zero attached hydrogens (tertiary/aromatic N) is 1. The largest absolute Gasteiger partial charge is 0.573 e. The topological polar surface area (TPSA) is 126 Å². The van der Waals surface area contributed by atoms with Crippen molar-refractivity contribution in [1.82, 2.24) is 20.3 Å². The molecule has 3 N–H and O–H groups in total. The van der Waals surface area contributed by atoms with Gasteiger partial charge >= 0.3 is 6.36 Å². The molecule has 0 radical (unpaired) electrons. The molecule has 2 aromatic carbocycles. The van der Waals surface area contributed by atoms with Crippen LogP contribution in [0.5, 0.6) is 5.75 Å². The Hall–Kier alpha value is -2.79. The molecule has 3 atom stereocenters. The lowest BCUT2D eigenvalue weighted by atomic mass is 9.91. The third-order valence-corrected chi connectivity index (χ3v) is 9.12. The predicted molar refractivity (Wildman–Crippen MR) is 164 cm³/mol. The highest BCUT2D eigenvalue weighted by Gasteiger charge is 2.43. The Balaban J connectivity index is 1.50. The van der Waals surface area contributed by atoms with Gasteiger partial charge in [0.05, 0.1) is 19.0 Å². The summed E-state index contributed by atoms with van der Waals surface area (Å²) in [6.45, 7) is 1.32. The van der Waals surface area contributed by atoms with Crippen LogP contribution in [-0.2, 0) is 37.5 Å². The minimum absolute atomic E-state index is 0.0346. The van der Waals surface area contributed by atoms with Crippen molar-refractivity contribution in [3.05, 3.63) is 63.9 Å². The number of halogens is 5. The van der Waals surface area contributed by atoms with Gasteiger partial charge in [0.15, 0.2) is 0 Å². The summed E-state index contributed by atoms with van der Waals surface area (Å²) in [4.78, 5) is 28.7. The number of sulfonamides is 1. The summed E-state index contributed by atoms with van der Waals surface area (Å²) in [6, 6.07) is 7.41. The molecule has 46 heavy (non-hydrogen) atoms. The van der Waals surface area contributed by atoms with Crippen LogP contribution in [-0.4, -0.2) is 75.6 Å². The third kappa shape index (κ3) is 11.2. The standard InChI is InChI=1S/C30H37BrF4N4O6S/c1-46(42,43)38-26(8-5-19-9-11-36-12-10-19)29(41)39-17-24(44-18-21-6-7-22(31)14-25(21)32)15-27(39)28(40)37-16-20-3-2-4-23(13-20)45-30(33,34)35/h2-4,6-7,13-14,19,24,26-27,36,38H,5,8-12,15-18H2,1H3,(H,37,40)/t24-,26-,27-/m1/s1. The molecule has 2 aromatic rings. The van der Waals surface area contributed by atoms with Crippen LogP contribution in [0.1, 0.15) is 43.2 Å². The third-order valence-electron chi connectivity index (χ3n) is 7.91. The van der Waals surface area contributed by atoms with Crippen molar-refractivity contribution in [3.63, 3.8) is 0 Å². The molecule has 0 spiro atoms. The lowest BCUT2D eigenvalue weighted by molar-refractivity contribution is -0.274. The van der Waals surface area contributed by atoms with Crippen molar-refractivity contribution in [2.75, 3.05) is 25.9 Å². The number of nitrogens with one attached hydrogen (secondary N) is 3. The van der Waals surface area contributed by atoms with Crippen LogP contribution in [0.3, 0.4) is 0 Å². The number of likely N-dealkylation sites (tertiary alicyclic amines) is 1. The highest BCUT2D eigenvalue weighted by Crippen LogP contribution is 2.27. The number of carbonyl (C=O) groups is 2. The second kappa shape index (κ2) is 15.9. The Kier molecular flexibility index (Phi) is 12.4. The van der Waals surface area contributed by atoms with Gasteiger partial charge in [-0.05, 0) is 74.5 Å². The molecule has 0 aromatic heterocycles. The maximum atomic E-state index is 14.4. The van der Waals surface area contributed by atoms with Crippen LogP contribution in [0, 0.1) is 11.7 Å². The molecule has 0 aliphatic carbocycles. The lowest BCUT2D eigenvalue weighted by Gasteiger charge is -2.30. The van der Waals surface area contributed by atoms with Gasteiger partial charge in [0, 0.05) is 29.5 Å². The maximum absolute atomic E-state index is 14.4. The number of ether oxygens (including phenoxy) is 2. The monoisotopic (exact) mass is 736 g/mol. The average Bonchev–Trinajstić information content (AvgIpc) is 3.41. The Bertz CT molecular complexity index is 1480. The van der Waals surface area contributed by atoms with Gasteiger partial charge in [0.25, 0.3) is 0 Å². The van der Waals surface area contributed by atoms with E-state index < -0.39 is 58.0 Å². The average molecular weight is 738 g/mol. The molecule has 2 aliphatic rings. The number of hydrogen-bond acceptors (Lipinski definition) is 7. The molecule has 4 rings (SSSR count). The van der Waals surface area contributed by atoms with Crippen LogP contribution in [0.2, 0.25) is 0 Å². The molecule has 2 fully saturated rings. The van der Waals surface area contributed by atoms with Crippen molar-refractivity contribution in [3.8, 4) is 5.75 Å². The van der Waals surface area contributed by atoms with Crippen LogP contribution in [0.15, 0.2) is 46.9 Å². The van der Waals surface area contributed by atoms with E-state index in [1.54, 1.807) is 12.1 Å². The molecular weight excluding hydrogens is 700 g/mol. The first-order chi connectivity index (χ1) is 21.7. The van der Waals surface area contributed by atoms with Crippen molar-refractivity contribution in [2.24, 2.45) is 5.92 Å². The van der Waals surface area contributed by atoms with E-state index in [0.29, 0.717) is 22.4 Å². The molecule has 16 heteroatoms. The molecule has 2 amide bonds. The predicted octanol–water partition coefficient (Wildman–Crippen LogP) is 3.99. The summed E-state index contributed by atoms with van der Waals surface area (Å²) in [5, 5.41) is 5.93. The first-order valence-corrected chi connectivity index (χ1v) is 17.5. The van der Waals surface area contributed by atoms with E-state index in [1.807, 2.05) is 0 Å². The van der Waals surface area contributed by atoms with Crippen molar-refractivity contribution in [1.29, 1.82) is 0 Å². The van der Waals surface area contributed by atoms with Gasteiger partial charge in [-0.25, -0.2) is 17.5 Å². The molecule has 0 saturated carbocycles. The van der Waals surface area contributed by atoms with E-state index in [9.17, 15) is 35.6 Å². The van der Waals surface area contributed by atoms with Crippen LogP contribution < -0.4 is 20.1 Å². The number of benzene rings is 2. The van der Waals surface area contributed by atoms with Gasteiger partial charge in [-0.1, -0.05) is 34.1 Å². The zero-order chi connectivity index (χ0) is 33.5. The van der Waals surface area contributed by atoms with Gasteiger partial charge in [-0.15, -0.1) is 13.2 Å². The zero-order valence-corrected chi connectivity index (χ0v) is 27.5. The van der Waals surface area contributed by atoms with Crippen molar-refractivity contribution >= 4 is 37.8 Å². The Morgan fingerprint density at radius 2 is 1.89 bits per heavy atom. The van der Waals surface area contributed by atoms with Crippen LogP contribution in [0.4, 0.5) is 17.6 Å². The molecule has 2 saturated heterocycles. The number of alkyl halides is 3. The second-order valence-corrected chi connectivity index (χ2v) is 14.2. The van der Waals surface area contributed by atoms with E-state index in [2.05, 4.69) is 36.0 Å². The number of piperidine rings is 1. The molecule has 254 valence electrons. The molecule has 10 nitrogen and oxygen atoms in total. The minimum atomic E-state index is -4.88. The summed E-state index contributed by atoms with van der Waals surface area (Å²) in [6.07, 6.45) is -1.96. The van der Waals surface area contributed by atoms with Gasteiger partial charge in [0.2, 0.25) is 21.8 Å². The van der Waals surface area contributed by atoms with E-state index >= 15 is 0 Å². The number of amides is 2. The van der Waals surface area contributed by atoms with E-state index in [4.69, 9.17) is 4.74 Å². The first kappa shape index (κ1) is 36.1. The minimum Gasteiger partial charge on any atom is -0.406 e. The second-order valence-electron chi connectivity index (χ2n) is 11.5. The smallest absolute Gasteiger partial charge is 0.406 e. The Labute approximate surface area is 273 Å². The highest BCUT2D eigenvalue weighted by atomic mass is 79.9. The summed E-state index contributed by atoms with van der Waals surface area (Å²) in [5.74, 6) is -1.84. The van der Waals surface area contributed by atoms with E-state index in [-0.39, 0.29) is 38.1 Å². The molecule has 0 bridgehead atoms. The van der Waals surface area contributed by atoms with Gasteiger partial charge in [-0.3, -0.25) is 9.59 Å². The molecule has 2 heterocycles. The fraction of sp³-hybridized carbons (Fsp3) is 0.533. The molecular formula is C30H37BrF4N4O6S. The van der Waals surface area contributed by atoms with E-state index in [1.165, 1.54) is 23.1 Å². The fourth-order valence-corrected chi connectivity index (χ4v) is 6.75. The summed E-state index contributed by atoms with van der Waals surface area (Å²) >= 11 is 3.20. The van der Waals surface area contributed by atoms with Crippen LogP contribution >= 0.6 is 15.9 Å². The number of rotatable bonds is 13. The molecule has 2 aliphatic heterocycles. The van der Waals surface area contributed by atoms with Crippen LogP contribution in [0.25, 0.3) is 0 Å².